The van der Waals surface area contributed by atoms with E-state index in [1.54, 1.807) is 0 Å². The zero-order valence-electron chi connectivity index (χ0n) is 45.9. The Morgan fingerprint density at radius 2 is 0.986 bits per heavy atom. The smallest absolute Gasteiger partial charge is 0.456 e. The van der Waals surface area contributed by atoms with Crippen LogP contribution in [-0.2, 0) is 27.9 Å². The van der Waals surface area contributed by atoms with Crippen molar-refractivity contribution in [2.75, 3.05) is 40.9 Å². The van der Waals surface area contributed by atoms with Gasteiger partial charge in [0.15, 0.2) is 0 Å². The average Bonchev–Trinajstić information content (AvgIpc) is 3.33. The number of esters is 1. The van der Waals surface area contributed by atoms with Gasteiger partial charge >= 0.3 is 13.8 Å². The SMILES string of the molecule is CC/C=C\C/C=C\C/C=C\C/C=C\C/C=C\C/C=C\CCC(=O)NC(COP(=O)(O)OCC[N+](C)(C)C)C(/C=C\CCCCCCCCCCC)OC(=O)CCCCCCCCC/C=C/C=C/C=C/CC. The number of carbonyl (C=O) groups excluding carboxylic acids is 2. The van der Waals surface area contributed by atoms with Crippen molar-refractivity contribution < 1.29 is 37.3 Å². The highest BCUT2D eigenvalue weighted by atomic mass is 31.2. The van der Waals surface area contributed by atoms with Crippen LogP contribution in [0.2, 0.25) is 0 Å². The lowest BCUT2D eigenvalue weighted by molar-refractivity contribution is -0.870. The number of hydrogen-bond acceptors (Lipinski definition) is 6. The van der Waals surface area contributed by atoms with Crippen LogP contribution in [0.5, 0.6) is 0 Å². The summed E-state index contributed by atoms with van der Waals surface area (Å²) in [6, 6.07) is -0.901. The van der Waals surface area contributed by atoms with Crippen molar-refractivity contribution >= 4 is 19.7 Å². The van der Waals surface area contributed by atoms with Gasteiger partial charge in [-0.1, -0.05) is 220 Å². The fourth-order valence-electron chi connectivity index (χ4n) is 7.20. The predicted octanol–water partition coefficient (Wildman–Crippen LogP) is 16.8. The number of phosphoric ester groups is 1. The number of likely N-dealkylation sites (N-methyl/N-ethyl adjacent to an activating group) is 1. The third-order valence-corrected chi connectivity index (χ3v) is 12.5. The van der Waals surface area contributed by atoms with Crippen molar-refractivity contribution in [3.8, 4) is 0 Å². The molecule has 0 heterocycles. The van der Waals surface area contributed by atoms with Gasteiger partial charge < -0.3 is 19.4 Å². The Hall–Kier alpha value is -3.59. The lowest BCUT2D eigenvalue weighted by Gasteiger charge is -2.27. The maximum absolute atomic E-state index is 13.5. The third-order valence-electron chi connectivity index (χ3n) is 11.5. The summed E-state index contributed by atoms with van der Waals surface area (Å²) in [5, 5.41) is 2.99. The molecule has 9 nitrogen and oxygen atoms in total. The van der Waals surface area contributed by atoms with Gasteiger partial charge in [0.25, 0.3) is 0 Å². The first-order valence-electron chi connectivity index (χ1n) is 27.9. The standard InChI is InChI=1S/C61H103N2O7P/c1-7-10-13-16-19-22-25-27-29-30-31-32-34-35-38-41-44-47-50-53-60(64)62-58(57-69-71(66,67)68-56-55-63(4,5)6)59(52-49-46-43-40-37-24-21-18-15-12-9-3)70-61(65)54-51-48-45-42-39-36-33-28-26-23-20-17-14-11-8-2/h10-11,13-14,17,19-20,22-23,26-27,29,31-32,35,38,44,47,49,52,58-59H,7-9,12,15-16,18,21,24-25,28,30,33-34,36-37,39-43,45-46,48,50-51,53-57H2,1-6H3,(H-,62,64,66,67)/p+1/b13-10-,14-11+,20-17+,22-19-,26-23+,29-27-,32-31-,38-35-,47-44-,52-49-. The monoisotopic (exact) mass is 1010 g/mol. The van der Waals surface area contributed by atoms with Crippen molar-refractivity contribution in [2.24, 2.45) is 0 Å². The fourth-order valence-corrected chi connectivity index (χ4v) is 7.93. The minimum Gasteiger partial charge on any atom is -0.456 e. The van der Waals surface area contributed by atoms with Gasteiger partial charge in [0.1, 0.15) is 19.3 Å². The van der Waals surface area contributed by atoms with E-state index in [1.807, 2.05) is 45.4 Å². The van der Waals surface area contributed by atoms with Crippen LogP contribution in [0.25, 0.3) is 0 Å². The first-order valence-corrected chi connectivity index (χ1v) is 29.4. The number of ether oxygens (including phenoxy) is 1. The molecule has 0 radical (unpaired) electrons. The number of amides is 1. The molecule has 0 saturated heterocycles. The number of nitrogens with zero attached hydrogens (tertiary/aromatic N) is 1. The van der Waals surface area contributed by atoms with Crippen molar-refractivity contribution in [1.82, 2.24) is 5.32 Å². The van der Waals surface area contributed by atoms with Gasteiger partial charge in [-0.15, -0.1) is 0 Å². The number of allylic oxidation sites excluding steroid dienone is 19. The number of carbonyl (C=O) groups is 2. The maximum atomic E-state index is 13.5. The topological polar surface area (TPSA) is 111 Å². The van der Waals surface area contributed by atoms with E-state index in [2.05, 4.69) is 123 Å². The van der Waals surface area contributed by atoms with Crippen molar-refractivity contribution in [2.45, 2.75) is 213 Å². The van der Waals surface area contributed by atoms with E-state index in [0.717, 1.165) is 89.9 Å². The Kier molecular flexibility index (Phi) is 47.4. The number of phosphoric acid groups is 1. The normalized spacial score (nSPS) is 14.7. The molecule has 3 unspecified atom stereocenters. The molecule has 71 heavy (non-hydrogen) atoms. The van der Waals surface area contributed by atoms with E-state index in [1.165, 1.54) is 64.2 Å². The third kappa shape index (κ3) is 51.1. The van der Waals surface area contributed by atoms with Crippen LogP contribution in [0.4, 0.5) is 0 Å². The Balaban J connectivity index is 5.48. The highest BCUT2D eigenvalue weighted by Crippen LogP contribution is 2.43. The zero-order valence-corrected chi connectivity index (χ0v) is 46.8. The molecule has 0 aromatic heterocycles. The Bertz CT molecular complexity index is 1630. The second kappa shape index (κ2) is 50.0. The minimum absolute atomic E-state index is 0.0178. The highest BCUT2D eigenvalue weighted by molar-refractivity contribution is 7.47. The Morgan fingerprint density at radius 1 is 0.521 bits per heavy atom. The van der Waals surface area contributed by atoms with Crippen LogP contribution in [0.3, 0.4) is 0 Å². The second-order valence-electron chi connectivity index (χ2n) is 19.4. The van der Waals surface area contributed by atoms with Crippen LogP contribution in [0.1, 0.15) is 201 Å². The van der Waals surface area contributed by atoms with Gasteiger partial charge in [0.05, 0.1) is 33.8 Å². The molecule has 10 heteroatoms. The van der Waals surface area contributed by atoms with E-state index in [0.29, 0.717) is 23.9 Å². The summed E-state index contributed by atoms with van der Waals surface area (Å²) >= 11 is 0. The highest BCUT2D eigenvalue weighted by Gasteiger charge is 2.30. The maximum Gasteiger partial charge on any atom is 0.472 e. The summed E-state index contributed by atoms with van der Waals surface area (Å²) in [5.74, 6) is -0.629. The van der Waals surface area contributed by atoms with E-state index >= 15 is 0 Å². The quantitative estimate of drug-likeness (QED) is 0.0156. The summed E-state index contributed by atoms with van der Waals surface area (Å²) in [6.07, 6.45) is 69.3. The molecule has 0 fully saturated rings. The van der Waals surface area contributed by atoms with E-state index < -0.39 is 20.0 Å². The van der Waals surface area contributed by atoms with Crippen LogP contribution >= 0.6 is 7.82 Å². The van der Waals surface area contributed by atoms with Crippen molar-refractivity contribution in [1.29, 1.82) is 0 Å². The summed E-state index contributed by atoms with van der Waals surface area (Å²) in [7, 11) is 1.42. The van der Waals surface area contributed by atoms with Crippen molar-refractivity contribution in [3.63, 3.8) is 0 Å². The molecule has 0 aliphatic carbocycles. The van der Waals surface area contributed by atoms with Gasteiger partial charge in [-0.25, -0.2) is 4.57 Å². The predicted molar refractivity (Wildman–Crippen MR) is 304 cm³/mol. The molecule has 0 aliphatic heterocycles. The van der Waals surface area contributed by atoms with E-state index in [-0.39, 0.29) is 37.9 Å². The summed E-state index contributed by atoms with van der Waals surface area (Å²) in [5.41, 5.74) is 0. The summed E-state index contributed by atoms with van der Waals surface area (Å²) < 4.78 is 30.5. The molecule has 0 rings (SSSR count). The van der Waals surface area contributed by atoms with Crippen molar-refractivity contribution in [3.05, 3.63) is 122 Å². The minimum atomic E-state index is -4.47. The zero-order chi connectivity index (χ0) is 52.2. The number of quaternary nitrogens is 1. The molecule has 0 aliphatic rings. The van der Waals surface area contributed by atoms with E-state index in [4.69, 9.17) is 13.8 Å². The number of nitrogens with one attached hydrogen (secondary N) is 1. The van der Waals surface area contributed by atoms with Gasteiger partial charge in [0, 0.05) is 12.8 Å². The first-order chi connectivity index (χ1) is 34.4. The van der Waals surface area contributed by atoms with Crippen LogP contribution < -0.4 is 5.32 Å². The molecule has 0 spiro atoms. The Labute approximate surface area is 435 Å². The van der Waals surface area contributed by atoms with Crippen LogP contribution in [0, 0.1) is 0 Å². The molecule has 3 atom stereocenters. The number of rotatable bonds is 48. The molecule has 0 bridgehead atoms. The number of unbranched alkanes of at least 4 members (excludes halogenated alkanes) is 16. The average molecular weight is 1010 g/mol. The Morgan fingerprint density at radius 3 is 1.51 bits per heavy atom. The largest absolute Gasteiger partial charge is 0.472 e. The summed E-state index contributed by atoms with van der Waals surface area (Å²) in [4.78, 5) is 37.5. The van der Waals surface area contributed by atoms with Gasteiger partial charge in [0.2, 0.25) is 5.91 Å². The molecule has 0 aromatic rings. The lowest BCUT2D eigenvalue weighted by atomic mass is 10.1. The fraction of sp³-hybridized carbons (Fsp3) is 0.639. The molecular weight excluding hydrogens is 904 g/mol. The number of hydrogen-bond donors (Lipinski definition) is 2. The molecule has 0 aromatic carbocycles. The van der Waals surface area contributed by atoms with E-state index in [9.17, 15) is 19.0 Å². The van der Waals surface area contributed by atoms with Gasteiger partial charge in [-0.2, -0.15) is 0 Å². The summed E-state index contributed by atoms with van der Waals surface area (Å²) in [6.45, 7) is 6.66. The first kappa shape index (κ1) is 67.4. The lowest BCUT2D eigenvalue weighted by Crippen LogP contribution is -2.47. The molecule has 1 amide bonds. The molecule has 404 valence electrons. The van der Waals surface area contributed by atoms with Gasteiger partial charge in [-0.05, 0) is 89.5 Å². The van der Waals surface area contributed by atoms with Crippen LogP contribution in [0.15, 0.2) is 122 Å². The molecular formula is C61H104N2O7P+. The van der Waals surface area contributed by atoms with Gasteiger partial charge in [-0.3, -0.25) is 18.6 Å². The second-order valence-corrected chi connectivity index (χ2v) is 20.9. The van der Waals surface area contributed by atoms with Crippen LogP contribution in [-0.4, -0.2) is 74.3 Å². The molecule has 0 saturated carbocycles. The molecule has 2 N–H and O–H groups in total.